The summed E-state index contributed by atoms with van der Waals surface area (Å²) in [5.74, 6) is -3.44. The van der Waals surface area contributed by atoms with Crippen LogP contribution in [-0.2, 0) is 25.6 Å². The minimum absolute atomic E-state index is 0.0653. The summed E-state index contributed by atoms with van der Waals surface area (Å²) < 4.78 is 0. The van der Waals surface area contributed by atoms with Crippen molar-refractivity contribution in [2.45, 2.75) is 37.5 Å². The summed E-state index contributed by atoms with van der Waals surface area (Å²) in [6.45, 7) is 1.73. The van der Waals surface area contributed by atoms with Gasteiger partial charge in [0.25, 0.3) is 5.78 Å². The summed E-state index contributed by atoms with van der Waals surface area (Å²) in [7, 11) is 0. The van der Waals surface area contributed by atoms with E-state index in [1.54, 1.807) is 35.7 Å². The molecule has 1 aromatic carbocycles. The number of nitrogens with zero attached hydrogens (tertiary/aromatic N) is 1. The summed E-state index contributed by atoms with van der Waals surface area (Å²) >= 11 is 1.42. The maximum absolute atomic E-state index is 12.4. The first kappa shape index (κ1) is 20.7. The molecule has 0 unspecified atom stereocenters. The molecule has 2 amide bonds. The van der Waals surface area contributed by atoms with Crippen molar-refractivity contribution in [3.63, 3.8) is 0 Å². The van der Waals surface area contributed by atoms with Crippen molar-refractivity contribution in [1.29, 1.82) is 0 Å². The van der Waals surface area contributed by atoms with Crippen LogP contribution in [0, 0.1) is 0 Å². The first-order chi connectivity index (χ1) is 12.9. The van der Waals surface area contributed by atoms with Crippen molar-refractivity contribution < 1.29 is 24.3 Å². The second kappa shape index (κ2) is 9.91. The standard InChI is InChI=1S/C19H22N2O5S/c1-2-6-15-18(24)21(9-10-27-15)12-16(22)20-14(17(23)19(25)26)11-13-7-4-3-5-8-13/h3-5,7-10,14-15H,2,6,11-12H2,1H3,(H,20,22)(H,25,26)/t14-,15-/m0/s1. The van der Waals surface area contributed by atoms with Gasteiger partial charge < -0.3 is 15.3 Å². The van der Waals surface area contributed by atoms with Crippen molar-refractivity contribution in [1.82, 2.24) is 10.2 Å². The lowest BCUT2D eigenvalue weighted by atomic mass is 10.0. The van der Waals surface area contributed by atoms with Crippen LogP contribution in [0.2, 0.25) is 0 Å². The average molecular weight is 390 g/mol. The van der Waals surface area contributed by atoms with Crippen molar-refractivity contribution in [2.75, 3.05) is 6.54 Å². The van der Waals surface area contributed by atoms with Gasteiger partial charge in [-0.2, -0.15) is 0 Å². The molecule has 8 heteroatoms. The number of benzene rings is 1. The molecular formula is C19H22N2O5S. The number of nitrogens with one attached hydrogen (secondary N) is 1. The van der Waals surface area contributed by atoms with E-state index in [1.165, 1.54) is 22.9 Å². The van der Waals surface area contributed by atoms with E-state index >= 15 is 0 Å². The Balaban J connectivity index is 2.03. The molecule has 2 N–H and O–H groups in total. The Morgan fingerprint density at radius 3 is 2.59 bits per heavy atom. The zero-order valence-corrected chi connectivity index (χ0v) is 15.8. The monoisotopic (exact) mass is 390 g/mol. The van der Waals surface area contributed by atoms with Crippen LogP contribution in [0.25, 0.3) is 0 Å². The third-order valence-corrected chi connectivity index (χ3v) is 5.10. The number of aliphatic carboxylic acids is 1. The molecule has 1 heterocycles. The van der Waals surface area contributed by atoms with Crippen LogP contribution in [-0.4, -0.2) is 51.4 Å². The number of ketones is 1. The van der Waals surface area contributed by atoms with Gasteiger partial charge in [0, 0.05) is 12.6 Å². The van der Waals surface area contributed by atoms with E-state index in [-0.39, 0.29) is 24.1 Å². The van der Waals surface area contributed by atoms with Crippen LogP contribution < -0.4 is 5.32 Å². The van der Waals surface area contributed by atoms with Gasteiger partial charge in [-0.1, -0.05) is 43.7 Å². The molecule has 0 aliphatic carbocycles. The highest BCUT2D eigenvalue weighted by atomic mass is 32.2. The highest BCUT2D eigenvalue weighted by molar-refractivity contribution is 8.03. The number of thioether (sulfide) groups is 1. The lowest BCUT2D eigenvalue weighted by molar-refractivity contribution is -0.150. The van der Waals surface area contributed by atoms with E-state index in [0.29, 0.717) is 6.42 Å². The Morgan fingerprint density at radius 1 is 1.26 bits per heavy atom. The van der Waals surface area contributed by atoms with Crippen molar-refractivity contribution in [3.8, 4) is 0 Å². The largest absolute Gasteiger partial charge is 0.475 e. The number of rotatable bonds is 9. The molecule has 0 saturated carbocycles. The first-order valence-corrected chi connectivity index (χ1v) is 9.59. The van der Waals surface area contributed by atoms with Gasteiger partial charge in [0.1, 0.15) is 12.6 Å². The second-order valence-corrected chi connectivity index (χ2v) is 7.26. The van der Waals surface area contributed by atoms with Gasteiger partial charge in [-0.05, 0) is 17.4 Å². The fourth-order valence-electron chi connectivity index (χ4n) is 2.71. The van der Waals surface area contributed by atoms with E-state index in [9.17, 15) is 19.2 Å². The summed E-state index contributed by atoms with van der Waals surface area (Å²) in [5, 5.41) is 13.0. The molecular weight excluding hydrogens is 368 g/mol. The SMILES string of the molecule is CCC[C@@H]1SC=CN(CC(=O)N[C@@H](Cc2ccccc2)C(=O)C(=O)O)C1=O. The number of carboxylic acids is 1. The quantitative estimate of drug-likeness (QED) is 0.621. The van der Waals surface area contributed by atoms with Crippen LogP contribution in [0.3, 0.4) is 0 Å². The lowest BCUT2D eigenvalue weighted by Gasteiger charge is -2.27. The Kier molecular flexibility index (Phi) is 7.60. The Bertz CT molecular complexity index is 735. The van der Waals surface area contributed by atoms with Crippen molar-refractivity contribution in [3.05, 3.63) is 47.5 Å². The van der Waals surface area contributed by atoms with E-state index < -0.39 is 23.7 Å². The van der Waals surface area contributed by atoms with Crippen LogP contribution in [0.15, 0.2) is 41.9 Å². The molecule has 2 atom stereocenters. The van der Waals surface area contributed by atoms with E-state index in [1.807, 2.05) is 6.92 Å². The number of Topliss-reactive ketones (excluding diaryl/α,β-unsaturated/α-hetero) is 1. The number of carbonyl (C=O) groups excluding carboxylic acids is 3. The van der Waals surface area contributed by atoms with E-state index in [4.69, 9.17) is 5.11 Å². The number of carboxylic acid groups (broad SMARTS) is 1. The molecule has 1 aliphatic heterocycles. The average Bonchev–Trinajstić information content (AvgIpc) is 2.64. The van der Waals surface area contributed by atoms with Gasteiger partial charge in [0.15, 0.2) is 0 Å². The van der Waals surface area contributed by atoms with Crippen molar-refractivity contribution >= 4 is 35.3 Å². The maximum Gasteiger partial charge on any atom is 0.374 e. The molecule has 0 saturated heterocycles. The molecule has 0 aromatic heterocycles. The van der Waals surface area contributed by atoms with Gasteiger partial charge in [0.05, 0.1) is 5.25 Å². The summed E-state index contributed by atoms with van der Waals surface area (Å²) in [4.78, 5) is 49.1. The van der Waals surface area contributed by atoms with Gasteiger partial charge >= 0.3 is 5.97 Å². The Morgan fingerprint density at radius 2 is 1.96 bits per heavy atom. The number of carbonyl (C=O) groups is 4. The lowest BCUT2D eigenvalue weighted by Crippen LogP contribution is -2.49. The molecule has 0 fully saturated rings. The molecule has 0 radical (unpaired) electrons. The van der Waals surface area contributed by atoms with Crippen LogP contribution in [0.5, 0.6) is 0 Å². The fraction of sp³-hybridized carbons (Fsp3) is 0.368. The zero-order valence-electron chi connectivity index (χ0n) is 15.0. The smallest absolute Gasteiger partial charge is 0.374 e. The molecule has 0 spiro atoms. The van der Waals surface area contributed by atoms with E-state index in [0.717, 1.165) is 12.0 Å². The third kappa shape index (κ3) is 5.96. The number of hydrogen-bond donors (Lipinski definition) is 2. The Labute approximate surface area is 161 Å². The second-order valence-electron chi connectivity index (χ2n) is 6.14. The van der Waals surface area contributed by atoms with Gasteiger partial charge in [-0.15, -0.1) is 11.8 Å². The van der Waals surface area contributed by atoms with Crippen molar-refractivity contribution in [2.24, 2.45) is 0 Å². The molecule has 1 aromatic rings. The predicted octanol–water partition coefficient (Wildman–Crippen LogP) is 1.58. The molecule has 144 valence electrons. The topological polar surface area (TPSA) is 104 Å². The highest BCUT2D eigenvalue weighted by Crippen LogP contribution is 2.24. The summed E-state index contributed by atoms with van der Waals surface area (Å²) in [5.41, 5.74) is 0.728. The first-order valence-electron chi connectivity index (χ1n) is 8.65. The van der Waals surface area contributed by atoms with Gasteiger partial charge in [-0.3, -0.25) is 14.4 Å². The van der Waals surface area contributed by atoms with Crippen LogP contribution in [0.4, 0.5) is 0 Å². The molecule has 7 nitrogen and oxygen atoms in total. The minimum atomic E-state index is -1.61. The maximum atomic E-state index is 12.4. The molecule has 0 bridgehead atoms. The third-order valence-electron chi connectivity index (χ3n) is 4.05. The summed E-state index contributed by atoms with van der Waals surface area (Å²) in [6.07, 6.45) is 3.16. The van der Waals surface area contributed by atoms with Crippen LogP contribution >= 0.6 is 11.8 Å². The highest BCUT2D eigenvalue weighted by Gasteiger charge is 2.30. The predicted molar refractivity (Wildman–Crippen MR) is 102 cm³/mol. The molecule has 27 heavy (non-hydrogen) atoms. The van der Waals surface area contributed by atoms with E-state index in [2.05, 4.69) is 5.32 Å². The molecule has 2 rings (SSSR count). The van der Waals surface area contributed by atoms with Gasteiger partial charge in [-0.25, -0.2) is 4.79 Å². The van der Waals surface area contributed by atoms with Gasteiger partial charge in [0.2, 0.25) is 11.8 Å². The minimum Gasteiger partial charge on any atom is -0.475 e. The number of amides is 2. The Hall–Kier alpha value is -2.61. The summed E-state index contributed by atoms with van der Waals surface area (Å²) in [6, 6.07) is 7.64. The molecule has 1 aliphatic rings. The fourth-order valence-corrected chi connectivity index (χ4v) is 3.74. The van der Waals surface area contributed by atoms with Crippen LogP contribution in [0.1, 0.15) is 25.3 Å². The normalized spacial score (nSPS) is 17.4. The zero-order chi connectivity index (χ0) is 19.8. The number of hydrogen-bond acceptors (Lipinski definition) is 5.